The third-order valence-corrected chi connectivity index (χ3v) is 6.22. The van der Waals surface area contributed by atoms with E-state index in [9.17, 15) is 4.79 Å². The van der Waals surface area contributed by atoms with Crippen molar-refractivity contribution < 1.29 is 4.79 Å². The highest BCUT2D eigenvalue weighted by Gasteiger charge is 2.30. The van der Waals surface area contributed by atoms with E-state index in [2.05, 4.69) is 26.2 Å². The van der Waals surface area contributed by atoms with Crippen molar-refractivity contribution in [1.82, 2.24) is 15.2 Å². The minimum atomic E-state index is 0.0610. The molecule has 21 heavy (non-hydrogen) atoms. The van der Waals surface area contributed by atoms with Crippen LogP contribution in [0.1, 0.15) is 23.3 Å². The molecule has 2 aromatic heterocycles. The van der Waals surface area contributed by atoms with Crippen LogP contribution in [0.4, 0.5) is 0 Å². The first-order valence-electron chi connectivity index (χ1n) is 6.86. The Hall–Kier alpha value is -0.760. The van der Waals surface area contributed by atoms with E-state index in [1.54, 1.807) is 11.3 Å². The maximum absolute atomic E-state index is 12.6. The lowest BCUT2D eigenvalue weighted by Crippen LogP contribution is -2.40. The van der Waals surface area contributed by atoms with Gasteiger partial charge in [-0.3, -0.25) is 4.79 Å². The number of aromatic nitrogens is 1. The van der Waals surface area contributed by atoms with Crippen molar-refractivity contribution in [3.63, 3.8) is 0 Å². The fourth-order valence-corrected chi connectivity index (χ4v) is 4.86. The summed E-state index contributed by atoms with van der Waals surface area (Å²) in [6, 6.07) is 4.33. The van der Waals surface area contributed by atoms with Gasteiger partial charge < -0.3 is 10.2 Å². The first-order valence-corrected chi connectivity index (χ1v) is 9.34. The molecular formula is C14H16BrN3OS2. The van der Waals surface area contributed by atoms with Crippen LogP contribution in [0.15, 0.2) is 21.3 Å². The first-order chi connectivity index (χ1) is 10.2. The van der Waals surface area contributed by atoms with Gasteiger partial charge in [0.05, 0.1) is 8.66 Å². The summed E-state index contributed by atoms with van der Waals surface area (Å²) >= 11 is 6.63. The molecule has 1 N–H and O–H groups in total. The molecule has 4 nitrogen and oxygen atoms in total. The molecule has 0 bridgehead atoms. The Morgan fingerprint density at radius 2 is 2.43 bits per heavy atom. The van der Waals surface area contributed by atoms with Gasteiger partial charge in [-0.1, -0.05) is 0 Å². The number of hydrogen-bond donors (Lipinski definition) is 1. The van der Waals surface area contributed by atoms with Gasteiger partial charge in [0, 0.05) is 24.5 Å². The standard InChI is InChI=1S/C14H16BrN3OS2/c1-16-7-9-3-2-6-18(9)14(19)10-8-20-13(17-10)11-4-5-12(15)21-11/h4-5,8-9,16H,2-3,6-7H2,1H3. The Balaban J connectivity index is 1.78. The molecule has 1 aliphatic rings. The van der Waals surface area contributed by atoms with Crippen molar-refractivity contribution in [3.05, 3.63) is 27.0 Å². The van der Waals surface area contributed by atoms with Gasteiger partial charge in [0.25, 0.3) is 5.91 Å². The minimum Gasteiger partial charge on any atom is -0.333 e. The number of carbonyl (C=O) groups is 1. The number of nitrogens with zero attached hydrogens (tertiary/aromatic N) is 2. The van der Waals surface area contributed by atoms with Gasteiger partial charge in [-0.25, -0.2) is 4.98 Å². The molecule has 1 atom stereocenters. The summed E-state index contributed by atoms with van der Waals surface area (Å²) in [5.74, 6) is 0.0610. The Bertz CT molecular complexity index is 640. The third-order valence-electron chi connectivity index (χ3n) is 3.59. The quantitative estimate of drug-likeness (QED) is 0.876. The molecule has 0 spiro atoms. The lowest BCUT2D eigenvalue weighted by Gasteiger charge is -2.23. The Morgan fingerprint density at radius 3 is 3.14 bits per heavy atom. The van der Waals surface area contributed by atoms with E-state index in [1.807, 2.05) is 29.5 Å². The molecule has 0 aliphatic carbocycles. The van der Waals surface area contributed by atoms with Crippen LogP contribution in [0.3, 0.4) is 0 Å². The Labute approximate surface area is 140 Å². The first kappa shape index (κ1) is 15.1. The zero-order chi connectivity index (χ0) is 14.8. The monoisotopic (exact) mass is 385 g/mol. The third kappa shape index (κ3) is 3.21. The number of thiazole rings is 1. The van der Waals surface area contributed by atoms with Gasteiger partial charge >= 0.3 is 0 Å². The normalized spacial score (nSPS) is 18.4. The minimum absolute atomic E-state index is 0.0610. The SMILES string of the molecule is CNCC1CCCN1C(=O)c1csc(-c2ccc(Br)s2)n1. The number of halogens is 1. The molecule has 112 valence electrons. The highest BCUT2D eigenvalue weighted by molar-refractivity contribution is 9.11. The molecule has 2 aromatic rings. The lowest BCUT2D eigenvalue weighted by atomic mass is 10.2. The average Bonchev–Trinajstić information content (AvgIpc) is 3.17. The number of hydrogen-bond acceptors (Lipinski definition) is 5. The molecule has 0 radical (unpaired) electrons. The van der Waals surface area contributed by atoms with Gasteiger partial charge in [-0.15, -0.1) is 22.7 Å². The fraction of sp³-hybridized carbons (Fsp3) is 0.429. The van der Waals surface area contributed by atoms with Crippen LogP contribution in [0.5, 0.6) is 0 Å². The predicted molar refractivity (Wildman–Crippen MR) is 91.1 cm³/mol. The van der Waals surface area contributed by atoms with E-state index in [0.717, 1.165) is 39.6 Å². The maximum Gasteiger partial charge on any atom is 0.273 e. The van der Waals surface area contributed by atoms with Crippen molar-refractivity contribution in [3.8, 4) is 9.88 Å². The topological polar surface area (TPSA) is 45.2 Å². The van der Waals surface area contributed by atoms with Gasteiger partial charge in [-0.05, 0) is 48.0 Å². The van der Waals surface area contributed by atoms with Crippen molar-refractivity contribution in [2.45, 2.75) is 18.9 Å². The molecule has 3 rings (SSSR count). The highest BCUT2D eigenvalue weighted by Crippen LogP contribution is 2.33. The van der Waals surface area contributed by atoms with E-state index >= 15 is 0 Å². The number of likely N-dealkylation sites (N-methyl/N-ethyl adjacent to an activating group) is 1. The number of rotatable bonds is 4. The molecule has 7 heteroatoms. The smallest absolute Gasteiger partial charge is 0.273 e. The van der Waals surface area contributed by atoms with Crippen molar-refractivity contribution >= 4 is 44.5 Å². The molecule has 1 amide bonds. The molecule has 0 aromatic carbocycles. The van der Waals surface area contributed by atoms with Crippen LogP contribution in [-0.2, 0) is 0 Å². The van der Waals surface area contributed by atoms with E-state index in [1.165, 1.54) is 11.3 Å². The van der Waals surface area contributed by atoms with E-state index in [4.69, 9.17) is 0 Å². The predicted octanol–water partition coefficient (Wildman–Crippen LogP) is 3.46. The van der Waals surface area contributed by atoms with Crippen LogP contribution in [0, 0.1) is 0 Å². The van der Waals surface area contributed by atoms with Crippen LogP contribution >= 0.6 is 38.6 Å². The molecule has 1 saturated heterocycles. The number of amides is 1. The largest absolute Gasteiger partial charge is 0.333 e. The van der Waals surface area contributed by atoms with E-state index in [-0.39, 0.29) is 5.91 Å². The van der Waals surface area contributed by atoms with Crippen molar-refractivity contribution in [1.29, 1.82) is 0 Å². The van der Waals surface area contributed by atoms with Crippen molar-refractivity contribution in [2.24, 2.45) is 0 Å². The summed E-state index contributed by atoms with van der Waals surface area (Å²) in [4.78, 5) is 20.2. The van der Waals surface area contributed by atoms with Gasteiger partial charge in [0.2, 0.25) is 0 Å². The molecule has 1 unspecified atom stereocenters. The Kier molecular flexibility index (Phi) is 4.73. The summed E-state index contributed by atoms with van der Waals surface area (Å²) in [6.45, 7) is 1.68. The number of thiophene rings is 1. The summed E-state index contributed by atoms with van der Waals surface area (Å²) in [5, 5.41) is 5.95. The van der Waals surface area contributed by atoms with Gasteiger partial charge in [-0.2, -0.15) is 0 Å². The molecule has 3 heterocycles. The number of nitrogens with one attached hydrogen (secondary N) is 1. The molecule has 1 aliphatic heterocycles. The average molecular weight is 386 g/mol. The second-order valence-electron chi connectivity index (χ2n) is 4.99. The fourth-order valence-electron chi connectivity index (χ4n) is 2.61. The summed E-state index contributed by atoms with van der Waals surface area (Å²) in [5.41, 5.74) is 0.572. The molecule has 1 fully saturated rings. The summed E-state index contributed by atoms with van der Waals surface area (Å²) in [6.07, 6.45) is 2.15. The Morgan fingerprint density at radius 1 is 1.57 bits per heavy atom. The zero-order valence-corrected chi connectivity index (χ0v) is 14.9. The number of likely N-dealkylation sites (tertiary alicyclic amines) is 1. The van der Waals surface area contributed by atoms with Gasteiger partial charge in [0.1, 0.15) is 10.7 Å². The molecule has 0 saturated carbocycles. The zero-order valence-electron chi connectivity index (χ0n) is 11.6. The second kappa shape index (κ2) is 6.56. The van der Waals surface area contributed by atoms with Crippen LogP contribution in [0.2, 0.25) is 0 Å². The second-order valence-corrected chi connectivity index (χ2v) is 8.32. The van der Waals surface area contributed by atoms with E-state index in [0.29, 0.717) is 11.7 Å². The summed E-state index contributed by atoms with van der Waals surface area (Å²) < 4.78 is 1.08. The highest BCUT2D eigenvalue weighted by atomic mass is 79.9. The lowest BCUT2D eigenvalue weighted by molar-refractivity contribution is 0.0732. The van der Waals surface area contributed by atoms with Crippen LogP contribution in [0.25, 0.3) is 9.88 Å². The van der Waals surface area contributed by atoms with Gasteiger partial charge in [0.15, 0.2) is 0 Å². The maximum atomic E-state index is 12.6. The van der Waals surface area contributed by atoms with Crippen LogP contribution in [-0.4, -0.2) is 42.0 Å². The summed E-state index contributed by atoms with van der Waals surface area (Å²) in [7, 11) is 1.93. The van der Waals surface area contributed by atoms with E-state index < -0.39 is 0 Å². The number of carbonyl (C=O) groups excluding carboxylic acids is 1. The molecular weight excluding hydrogens is 370 g/mol. The van der Waals surface area contributed by atoms with Crippen LogP contribution < -0.4 is 5.32 Å². The van der Waals surface area contributed by atoms with Crippen molar-refractivity contribution in [2.75, 3.05) is 20.1 Å².